The van der Waals surface area contributed by atoms with Crippen LogP contribution in [0.3, 0.4) is 0 Å². The van der Waals surface area contributed by atoms with E-state index in [9.17, 15) is 18.7 Å². The van der Waals surface area contributed by atoms with E-state index < -0.39 is 17.2 Å². The van der Waals surface area contributed by atoms with Gasteiger partial charge in [-0.2, -0.15) is 4.98 Å². The van der Waals surface area contributed by atoms with E-state index in [0.717, 1.165) is 12.1 Å². The zero-order valence-electron chi connectivity index (χ0n) is 15.1. The van der Waals surface area contributed by atoms with Gasteiger partial charge in [-0.1, -0.05) is 0 Å². The van der Waals surface area contributed by atoms with Crippen LogP contribution in [0.25, 0.3) is 11.0 Å². The molecular formula is C19H18F2N4O3. The summed E-state index contributed by atoms with van der Waals surface area (Å²) in [5.41, 5.74) is -0.0945. The molecule has 0 amide bonds. The molecule has 1 fully saturated rings. The average Bonchev–Trinajstić information content (AvgIpc) is 2.68. The Labute approximate surface area is 158 Å². The van der Waals surface area contributed by atoms with Crippen LogP contribution in [0.5, 0.6) is 11.5 Å². The quantitative estimate of drug-likeness (QED) is 0.742. The Morgan fingerprint density at radius 2 is 1.93 bits per heavy atom. The van der Waals surface area contributed by atoms with Gasteiger partial charge >= 0.3 is 0 Å². The summed E-state index contributed by atoms with van der Waals surface area (Å²) < 4.78 is 33.6. The largest absolute Gasteiger partial charge is 0.448 e. The highest BCUT2D eigenvalue weighted by molar-refractivity contribution is 5.77. The van der Waals surface area contributed by atoms with Crippen LogP contribution in [0.4, 0.5) is 14.7 Å². The minimum atomic E-state index is -0.902. The maximum Gasteiger partial charge on any atom is 0.294 e. The van der Waals surface area contributed by atoms with E-state index in [2.05, 4.69) is 9.97 Å². The maximum atomic E-state index is 13.8. The third-order valence-electron chi connectivity index (χ3n) is 4.76. The number of fused-ring (bicyclic) bond motifs is 1. The van der Waals surface area contributed by atoms with Gasteiger partial charge in [0.15, 0.2) is 17.3 Å². The predicted octanol–water partition coefficient (Wildman–Crippen LogP) is 2.36. The van der Waals surface area contributed by atoms with Crippen LogP contribution in [-0.4, -0.2) is 38.8 Å². The number of halogens is 2. The summed E-state index contributed by atoms with van der Waals surface area (Å²) in [6.07, 6.45) is 2.52. The predicted molar refractivity (Wildman–Crippen MR) is 98.7 cm³/mol. The van der Waals surface area contributed by atoms with Gasteiger partial charge in [-0.25, -0.2) is 13.8 Å². The lowest BCUT2D eigenvalue weighted by Crippen LogP contribution is -2.37. The number of anilines is 1. The minimum absolute atomic E-state index is 0.113. The fourth-order valence-corrected chi connectivity index (χ4v) is 3.18. The van der Waals surface area contributed by atoms with Crippen LogP contribution in [0.1, 0.15) is 12.8 Å². The molecule has 28 heavy (non-hydrogen) atoms. The van der Waals surface area contributed by atoms with Crippen molar-refractivity contribution in [3.8, 4) is 11.5 Å². The number of aliphatic hydroxyl groups is 1. The highest BCUT2D eigenvalue weighted by Gasteiger charge is 2.20. The molecule has 3 heterocycles. The SMILES string of the molecule is Cn1c(=O)c(Oc2ccc(F)cc2F)cc2cnc(N3CCC(O)CC3)nc21. The summed E-state index contributed by atoms with van der Waals surface area (Å²) in [5.74, 6) is -1.52. The molecule has 9 heteroatoms. The first kappa shape index (κ1) is 18.3. The number of hydrogen-bond donors (Lipinski definition) is 1. The number of hydrogen-bond acceptors (Lipinski definition) is 6. The molecule has 0 unspecified atom stereocenters. The molecule has 146 valence electrons. The van der Waals surface area contributed by atoms with Crippen LogP contribution >= 0.6 is 0 Å². The number of ether oxygens (including phenoxy) is 1. The minimum Gasteiger partial charge on any atom is -0.448 e. The van der Waals surface area contributed by atoms with Crippen molar-refractivity contribution < 1.29 is 18.6 Å². The van der Waals surface area contributed by atoms with Crippen molar-refractivity contribution in [3.05, 3.63) is 52.5 Å². The van der Waals surface area contributed by atoms with Crippen LogP contribution in [0.15, 0.2) is 35.3 Å². The van der Waals surface area contributed by atoms with E-state index in [4.69, 9.17) is 4.74 Å². The summed E-state index contributed by atoms with van der Waals surface area (Å²) in [6, 6.07) is 4.30. The lowest BCUT2D eigenvalue weighted by molar-refractivity contribution is 0.145. The second-order valence-electron chi connectivity index (χ2n) is 6.72. The third-order valence-corrected chi connectivity index (χ3v) is 4.76. The van der Waals surface area contributed by atoms with Crippen LogP contribution < -0.4 is 15.2 Å². The number of benzene rings is 1. The molecule has 4 rings (SSSR count). The first-order chi connectivity index (χ1) is 13.4. The van der Waals surface area contributed by atoms with Crippen molar-refractivity contribution in [1.29, 1.82) is 0 Å². The van der Waals surface area contributed by atoms with Gasteiger partial charge in [-0.15, -0.1) is 0 Å². The van der Waals surface area contributed by atoms with E-state index in [1.807, 2.05) is 4.90 Å². The van der Waals surface area contributed by atoms with E-state index >= 15 is 0 Å². The number of aliphatic hydroxyl groups excluding tert-OH is 1. The molecule has 1 saturated heterocycles. The van der Waals surface area contributed by atoms with Crippen molar-refractivity contribution in [2.45, 2.75) is 18.9 Å². The van der Waals surface area contributed by atoms with Gasteiger partial charge in [0.1, 0.15) is 11.5 Å². The summed E-state index contributed by atoms with van der Waals surface area (Å²) in [7, 11) is 1.54. The fourth-order valence-electron chi connectivity index (χ4n) is 3.18. The Hall–Kier alpha value is -3.07. The average molecular weight is 388 g/mol. The van der Waals surface area contributed by atoms with Gasteiger partial charge in [-0.05, 0) is 31.0 Å². The molecule has 1 aliphatic rings. The second-order valence-corrected chi connectivity index (χ2v) is 6.72. The zero-order valence-corrected chi connectivity index (χ0v) is 15.1. The zero-order chi connectivity index (χ0) is 19.8. The number of pyridine rings is 1. The molecule has 2 aromatic heterocycles. The maximum absolute atomic E-state index is 13.8. The highest BCUT2D eigenvalue weighted by atomic mass is 19.1. The van der Waals surface area contributed by atoms with Crippen molar-refractivity contribution >= 4 is 17.0 Å². The lowest BCUT2D eigenvalue weighted by Gasteiger charge is -2.29. The summed E-state index contributed by atoms with van der Waals surface area (Å²) in [6.45, 7) is 1.26. The molecular weight excluding hydrogens is 370 g/mol. The van der Waals surface area contributed by atoms with Crippen molar-refractivity contribution in [2.75, 3.05) is 18.0 Å². The molecule has 0 radical (unpaired) electrons. The van der Waals surface area contributed by atoms with Crippen LogP contribution in [-0.2, 0) is 7.05 Å². The number of rotatable bonds is 3. The Morgan fingerprint density at radius 1 is 1.18 bits per heavy atom. The van der Waals surface area contributed by atoms with E-state index in [0.29, 0.717) is 49.0 Å². The van der Waals surface area contributed by atoms with Gasteiger partial charge in [-0.3, -0.25) is 9.36 Å². The van der Waals surface area contributed by atoms with Crippen LogP contribution in [0, 0.1) is 11.6 Å². The standard InChI is InChI=1S/C19H18F2N4O3/c1-24-17-11(10-22-19(23-17)25-6-4-13(26)5-7-25)8-16(18(24)27)28-15-3-2-12(20)9-14(15)21/h2-3,8-10,13,26H,4-7H2,1H3. The topological polar surface area (TPSA) is 80.5 Å². The molecule has 0 atom stereocenters. The number of aromatic nitrogens is 3. The molecule has 0 spiro atoms. The van der Waals surface area contributed by atoms with Crippen molar-refractivity contribution in [2.24, 2.45) is 7.05 Å². The van der Waals surface area contributed by atoms with E-state index in [1.165, 1.54) is 17.7 Å². The lowest BCUT2D eigenvalue weighted by atomic mass is 10.1. The first-order valence-corrected chi connectivity index (χ1v) is 8.85. The Morgan fingerprint density at radius 3 is 2.64 bits per heavy atom. The molecule has 1 aliphatic heterocycles. The Kier molecular flexibility index (Phi) is 4.68. The van der Waals surface area contributed by atoms with Gasteiger partial charge in [0, 0.05) is 37.8 Å². The van der Waals surface area contributed by atoms with Crippen molar-refractivity contribution in [1.82, 2.24) is 14.5 Å². The van der Waals surface area contributed by atoms with Crippen molar-refractivity contribution in [3.63, 3.8) is 0 Å². The normalized spacial score (nSPS) is 15.2. The number of aryl methyl sites for hydroxylation is 1. The third kappa shape index (κ3) is 3.40. The number of piperidine rings is 1. The monoisotopic (exact) mass is 388 g/mol. The summed E-state index contributed by atoms with van der Waals surface area (Å²) in [5, 5.41) is 10.2. The Bertz CT molecular complexity index is 1090. The van der Waals surface area contributed by atoms with Gasteiger partial charge in [0.05, 0.1) is 6.10 Å². The van der Waals surface area contributed by atoms with Gasteiger partial charge in [0.25, 0.3) is 5.56 Å². The molecule has 3 aromatic rings. The molecule has 7 nitrogen and oxygen atoms in total. The summed E-state index contributed by atoms with van der Waals surface area (Å²) in [4.78, 5) is 23.4. The fraction of sp³-hybridized carbons (Fsp3) is 0.316. The second kappa shape index (κ2) is 7.16. The highest BCUT2D eigenvalue weighted by Crippen LogP contribution is 2.25. The number of nitrogens with zero attached hydrogens (tertiary/aromatic N) is 4. The molecule has 1 N–H and O–H groups in total. The van der Waals surface area contributed by atoms with Gasteiger partial charge < -0.3 is 14.7 Å². The summed E-state index contributed by atoms with van der Waals surface area (Å²) >= 11 is 0. The first-order valence-electron chi connectivity index (χ1n) is 8.85. The van der Waals surface area contributed by atoms with Gasteiger partial charge in [0.2, 0.25) is 5.95 Å². The van der Waals surface area contributed by atoms with E-state index in [-0.39, 0.29) is 17.6 Å². The molecule has 0 saturated carbocycles. The van der Waals surface area contributed by atoms with Crippen LogP contribution in [0.2, 0.25) is 0 Å². The molecule has 0 bridgehead atoms. The van der Waals surface area contributed by atoms with E-state index in [1.54, 1.807) is 6.20 Å². The Balaban J connectivity index is 1.70. The smallest absolute Gasteiger partial charge is 0.294 e. The molecule has 1 aromatic carbocycles. The molecule has 0 aliphatic carbocycles.